The smallest absolute Gasteiger partial charge is 0.370 e. The molecule has 0 aliphatic carbocycles. The number of alkyl halides is 6. The van der Waals surface area contributed by atoms with E-state index in [9.17, 15) is 31.1 Å². The lowest BCUT2D eigenvalue weighted by Gasteiger charge is -2.55. The molecule has 1 aromatic heterocycles. The zero-order chi connectivity index (χ0) is 22.4. The van der Waals surface area contributed by atoms with Crippen molar-refractivity contribution in [2.75, 3.05) is 31.1 Å². The van der Waals surface area contributed by atoms with Gasteiger partial charge in [-0.05, 0) is 43.2 Å². The second kappa shape index (κ2) is 7.42. The van der Waals surface area contributed by atoms with E-state index in [4.69, 9.17) is 0 Å². The van der Waals surface area contributed by atoms with E-state index in [1.54, 1.807) is 12.4 Å². The van der Waals surface area contributed by atoms with Crippen LogP contribution >= 0.6 is 0 Å². The average molecular weight is 443 g/mol. The molecule has 166 valence electrons. The Hall–Kier alpha value is -2.78. The first kappa shape index (κ1) is 21.5. The van der Waals surface area contributed by atoms with Crippen molar-refractivity contribution in [2.24, 2.45) is 5.41 Å². The van der Waals surface area contributed by atoms with E-state index in [-0.39, 0.29) is 11.5 Å². The first-order chi connectivity index (χ1) is 14.5. The molecule has 3 heterocycles. The fourth-order valence-corrected chi connectivity index (χ4v) is 4.26. The summed E-state index contributed by atoms with van der Waals surface area (Å²) in [5.41, 5.74) is -2.50. The molecule has 10 heteroatoms. The maximum Gasteiger partial charge on any atom is 0.416 e. The summed E-state index contributed by atoms with van der Waals surface area (Å²) in [5.74, 6) is -0.809. The molecule has 2 aliphatic heterocycles. The van der Waals surface area contributed by atoms with Gasteiger partial charge in [0.15, 0.2) is 0 Å². The van der Waals surface area contributed by atoms with Gasteiger partial charge >= 0.3 is 12.4 Å². The Labute approximate surface area is 174 Å². The van der Waals surface area contributed by atoms with Gasteiger partial charge in [-0.1, -0.05) is 0 Å². The molecule has 0 atom stereocenters. The monoisotopic (exact) mass is 443 g/mol. The third-order valence-corrected chi connectivity index (χ3v) is 6.03. The van der Waals surface area contributed by atoms with Gasteiger partial charge in [-0.25, -0.2) is 0 Å². The SMILES string of the molecule is O=C(c1cc(C(F)(F)F)cc(C(F)(F)F)c1)N1CCC2(CC1)CN(c1ccncc1)C2. The first-order valence-electron chi connectivity index (χ1n) is 9.71. The predicted octanol–water partition coefficient (Wildman–Crippen LogP) is 4.86. The number of pyridine rings is 1. The van der Waals surface area contributed by atoms with Crippen LogP contribution in [0.5, 0.6) is 0 Å². The van der Waals surface area contributed by atoms with Gasteiger partial charge in [0.2, 0.25) is 0 Å². The van der Waals surface area contributed by atoms with Crippen LogP contribution in [-0.2, 0) is 12.4 Å². The normalized spacial score (nSPS) is 18.8. The highest BCUT2D eigenvalue weighted by atomic mass is 19.4. The molecule has 1 spiro atoms. The largest absolute Gasteiger partial charge is 0.416 e. The Morgan fingerprint density at radius 2 is 1.39 bits per heavy atom. The number of benzene rings is 1. The number of anilines is 1. The van der Waals surface area contributed by atoms with E-state index in [0.717, 1.165) is 18.8 Å². The van der Waals surface area contributed by atoms with E-state index < -0.39 is 35.0 Å². The lowest BCUT2D eigenvalue weighted by atomic mass is 9.71. The Kier molecular flexibility index (Phi) is 5.13. The summed E-state index contributed by atoms with van der Waals surface area (Å²) in [6.45, 7) is 2.17. The van der Waals surface area contributed by atoms with E-state index in [2.05, 4.69) is 9.88 Å². The van der Waals surface area contributed by atoms with Crippen molar-refractivity contribution < 1.29 is 31.1 Å². The second-order valence-electron chi connectivity index (χ2n) is 8.15. The third kappa shape index (κ3) is 4.33. The average Bonchev–Trinajstić information content (AvgIpc) is 2.70. The molecule has 2 fully saturated rings. The molecule has 2 saturated heterocycles. The number of amides is 1. The summed E-state index contributed by atoms with van der Waals surface area (Å²) in [4.78, 5) is 20.2. The summed E-state index contributed by atoms with van der Waals surface area (Å²) in [6, 6.07) is 4.83. The molecule has 2 aromatic rings. The fraction of sp³-hybridized carbons (Fsp3) is 0.429. The number of piperidine rings is 1. The molecule has 1 aromatic carbocycles. The van der Waals surface area contributed by atoms with Gasteiger partial charge in [-0.15, -0.1) is 0 Å². The summed E-state index contributed by atoms with van der Waals surface area (Å²) in [5, 5.41) is 0. The standard InChI is InChI=1S/C21H19F6N3O/c22-20(23,24)15-9-14(10-16(11-15)21(25,26)27)18(31)29-7-3-19(4-8-29)12-30(13-19)17-1-5-28-6-2-17/h1-2,5-6,9-11H,3-4,7-8,12-13H2. The lowest BCUT2D eigenvalue weighted by Crippen LogP contribution is -2.61. The Morgan fingerprint density at radius 1 is 0.871 bits per heavy atom. The number of hydrogen-bond acceptors (Lipinski definition) is 3. The van der Waals surface area contributed by atoms with Gasteiger partial charge in [-0.2, -0.15) is 26.3 Å². The lowest BCUT2D eigenvalue weighted by molar-refractivity contribution is -0.143. The molecular weight excluding hydrogens is 424 g/mol. The van der Waals surface area contributed by atoms with Crippen LogP contribution < -0.4 is 4.90 Å². The van der Waals surface area contributed by atoms with Crippen LogP contribution in [0.2, 0.25) is 0 Å². The maximum atomic E-state index is 13.1. The van der Waals surface area contributed by atoms with Crippen LogP contribution in [0.15, 0.2) is 42.7 Å². The van der Waals surface area contributed by atoms with Crippen molar-refractivity contribution in [2.45, 2.75) is 25.2 Å². The minimum Gasteiger partial charge on any atom is -0.370 e. The number of halogens is 6. The molecular formula is C21H19F6N3O. The summed E-state index contributed by atoms with van der Waals surface area (Å²) in [7, 11) is 0. The van der Waals surface area contributed by atoms with Gasteiger partial charge in [0.25, 0.3) is 5.91 Å². The molecule has 4 rings (SSSR count). The predicted molar refractivity (Wildman–Crippen MR) is 100 cm³/mol. The number of likely N-dealkylation sites (tertiary alicyclic amines) is 1. The van der Waals surface area contributed by atoms with Crippen molar-refractivity contribution in [1.82, 2.24) is 9.88 Å². The minimum absolute atomic E-state index is 0.00496. The first-order valence-corrected chi connectivity index (χ1v) is 9.71. The van der Waals surface area contributed by atoms with Crippen LogP contribution in [-0.4, -0.2) is 42.0 Å². The number of carbonyl (C=O) groups excluding carboxylic acids is 1. The molecule has 0 N–H and O–H groups in total. The van der Waals surface area contributed by atoms with Crippen LogP contribution in [0.25, 0.3) is 0 Å². The highest BCUT2D eigenvalue weighted by Gasteiger charge is 2.46. The molecule has 0 radical (unpaired) electrons. The molecule has 0 saturated carbocycles. The highest BCUT2D eigenvalue weighted by Crippen LogP contribution is 2.43. The highest BCUT2D eigenvalue weighted by molar-refractivity contribution is 5.94. The van der Waals surface area contributed by atoms with E-state index >= 15 is 0 Å². The molecule has 4 nitrogen and oxygen atoms in total. The summed E-state index contributed by atoms with van der Waals surface area (Å²) >= 11 is 0. The Morgan fingerprint density at radius 3 is 1.87 bits per heavy atom. The number of rotatable bonds is 2. The van der Waals surface area contributed by atoms with Gasteiger partial charge in [0, 0.05) is 55.2 Å². The molecule has 0 bridgehead atoms. The number of nitrogens with zero attached hydrogens (tertiary/aromatic N) is 3. The Bertz CT molecular complexity index is 925. The number of aromatic nitrogens is 1. The fourth-order valence-electron chi connectivity index (χ4n) is 4.26. The van der Waals surface area contributed by atoms with E-state index in [1.165, 1.54) is 4.90 Å². The topological polar surface area (TPSA) is 36.4 Å². The molecule has 1 amide bonds. The van der Waals surface area contributed by atoms with Crippen molar-refractivity contribution in [3.8, 4) is 0 Å². The molecule has 31 heavy (non-hydrogen) atoms. The van der Waals surface area contributed by atoms with Gasteiger partial charge in [0.05, 0.1) is 11.1 Å². The van der Waals surface area contributed by atoms with E-state index in [0.29, 0.717) is 38.1 Å². The Balaban J connectivity index is 1.46. The van der Waals surface area contributed by atoms with Crippen LogP contribution in [0.4, 0.5) is 32.0 Å². The van der Waals surface area contributed by atoms with E-state index in [1.807, 2.05) is 12.1 Å². The van der Waals surface area contributed by atoms with Gasteiger partial charge < -0.3 is 9.80 Å². The summed E-state index contributed by atoms with van der Waals surface area (Å²) < 4.78 is 78.4. The zero-order valence-electron chi connectivity index (χ0n) is 16.3. The quantitative estimate of drug-likeness (QED) is 0.622. The minimum atomic E-state index is -4.98. The molecule has 0 unspecified atom stereocenters. The van der Waals surface area contributed by atoms with Crippen molar-refractivity contribution in [3.05, 3.63) is 59.4 Å². The van der Waals surface area contributed by atoms with Crippen LogP contribution in [0.3, 0.4) is 0 Å². The van der Waals surface area contributed by atoms with Crippen LogP contribution in [0, 0.1) is 5.41 Å². The zero-order valence-corrected chi connectivity index (χ0v) is 16.3. The van der Waals surface area contributed by atoms with Gasteiger partial charge in [-0.3, -0.25) is 9.78 Å². The number of carbonyl (C=O) groups is 1. The van der Waals surface area contributed by atoms with Crippen molar-refractivity contribution in [3.63, 3.8) is 0 Å². The number of hydrogen-bond donors (Lipinski definition) is 0. The van der Waals surface area contributed by atoms with Crippen molar-refractivity contribution >= 4 is 11.6 Å². The third-order valence-electron chi connectivity index (χ3n) is 6.03. The van der Waals surface area contributed by atoms with Crippen molar-refractivity contribution in [1.29, 1.82) is 0 Å². The van der Waals surface area contributed by atoms with Gasteiger partial charge in [0.1, 0.15) is 0 Å². The molecule has 2 aliphatic rings. The van der Waals surface area contributed by atoms with Crippen LogP contribution in [0.1, 0.15) is 34.3 Å². The summed E-state index contributed by atoms with van der Waals surface area (Å²) in [6.07, 6.45) is -5.27. The second-order valence-corrected chi connectivity index (χ2v) is 8.15. The maximum absolute atomic E-state index is 13.1.